The highest BCUT2D eigenvalue weighted by Gasteiger charge is 2.17. The topological polar surface area (TPSA) is 30.5 Å². The molecule has 1 aliphatic heterocycles. The van der Waals surface area contributed by atoms with Crippen LogP contribution in [0.25, 0.3) is 0 Å². The normalized spacial score (nSPS) is 21.0. The van der Waals surface area contributed by atoms with Gasteiger partial charge in [-0.25, -0.2) is 0 Å². The van der Waals surface area contributed by atoms with Crippen LogP contribution >= 0.6 is 0 Å². The third kappa shape index (κ3) is 4.40. The largest absolute Gasteiger partial charge is 0.381 e. The fourth-order valence-electron chi connectivity index (χ4n) is 1.68. The van der Waals surface area contributed by atoms with Crippen LogP contribution in [-0.2, 0) is 9.47 Å². The second kappa shape index (κ2) is 7.21. The fourth-order valence-corrected chi connectivity index (χ4v) is 1.68. The van der Waals surface area contributed by atoms with Gasteiger partial charge in [0.25, 0.3) is 0 Å². The Balaban J connectivity index is 2.16. The van der Waals surface area contributed by atoms with Crippen molar-refractivity contribution in [1.82, 2.24) is 5.32 Å². The van der Waals surface area contributed by atoms with Crippen molar-refractivity contribution in [3.63, 3.8) is 0 Å². The zero-order valence-corrected chi connectivity index (χ0v) is 9.42. The van der Waals surface area contributed by atoms with Crippen molar-refractivity contribution in [2.24, 2.45) is 0 Å². The molecule has 0 aromatic carbocycles. The molecule has 0 aromatic rings. The average Bonchev–Trinajstić information content (AvgIpc) is 2.25. The maximum absolute atomic E-state index is 6.00. The molecule has 0 radical (unpaired) electrons. The van der Waals surface area contributed by atoms with Crippen LogP contribution in [0.4, 0.5) is 0 Å². The molecule has 14 heavy (non-hydrogen) atoms. The summed E-state index contributed by atoms with van der Waals surface area (Å²) in [5, 5.41) is 3.33. The van der Waals surface area contributed by atoms with Gasteiger partial charge in [0.2, 0.25) is 0 Å². The minimum absolute atomic E-state index is 0.373. The van der Waals surface area contributed by atoms with E-state index in [0.29, 0.717) is 12.2 Å². The van der Waals surface area contributed by atoms with E-state index in [2.05, 4.69) is 19.2 Å². The Kier molecular flexibility index (Phi) is 6.15. The van der Waals surface area contributed by atoms with Gasteiger partial charge in [0.15, 0.2) is 0 Å². The summed E-state index contributed by atoms with van der Waals surface area (Å²) in [7, 11) is 0. The summed E-state index contributed by atoms with van der Waals surface area (Å²) in [6.45, 7) is 8.03. The number of likely N-dealkylation sites (N-methyl/N-ethyl adjacent to an activating group) is 1. The van der Waals surface area contributed by atoms with Crippen molar-refractivity contribution in [2.45, 2.75) is 45.3 Å². The first-order chi connectivity index (χ1) is 6.86. The molecular weight excluding hydrogens is 178 g/mol. The van der Waals surface area contributed by atoms with E-state index in [0.717, 1.165) is 45.6 Å². The first-order valence-electron chi connectivity index (χ1n) is 5.80. The number of hydrogen-bond acceptors (Lipinski definition) is 3. The van der Waals surface area contributed by atoms with Gasteiger partial charge >= 0.3 is 0 Å². The molecule has 1 atom stereocenters. The highest BCUT2D eigenvalue weighted by molar-refractivity contribution is 4.67. The summed E-state index contributed by atoms with van der Waals surface area (Å²) >= 11 is 0. The van der Waals surface area contributed by atoms with Gasteiger partial charge < -0.3 is 14.8 Å². The first-order valence-corrected chi connectivity index (χ1v) is 5.80. The van der Waals surface area contributed by atoms with Gasteiger partial charge in [0.05, 0.1) is 12.2 Å². The van der Waals surface area contributed by atoms with Crippen LogP contribution in [-0.4, -0.2) is 38.5 Å². The lowest BCUT2D eigenvalue weighted by Gasteiger charge is -2.27. The highest BCUT2D eigenvalue weighted by Crippen LogP contribution is 2.13. The number of rotatable bonds is 6. The van der Waals surface area contributed by atoms with Crippen LogP contribution < -0.4 is 5.32 Å². The van der Waals surface area contributed by atoms with E-state index in [9.17, 15) is 0 Å². The molecule has 1 rings (SSSR count). The van der Waals surface area contributed by atoms with Crippen LogP contribution in [0.1, 0.15) is 33.1 Å². The van der Waals surface area contributed by atoms with E-state index in [4.69, 9.17) is 9.47 Å². The van der Waals surface area contributed by atoms with Crippen LogP contribution in [0.5, 0.6) is 0 Å². The van der Waals surface area contributed by atoms with Gasteiger partial charge in [-0.05, 0) is 25.8 Å². The van der Waals surface area contributed by atoms with Crippen molar-refractivity contribution in [3.8, 4) is 0 Å². The van der Waals surface area contributed by atoms with E-state index in [1.54, 1.807) is 0 Å². The maximum atomic E-state index is 6.00. The van der Waals surface area contributed by atoms with E-state index in [1.165, 1.54) is 0 Å². The molecule has 1 heterocycles. The summed E-state index contributed by atoms with van der Waals surface area (Å²) in [5.74, 6) is 0. The molecule has 3 nitrogen and oxygen atoms in total. The van der Waals surface area contributed by atoms with Crippen molar-refractivity contribution < 1.29 is 9.47 Å². The van der Waals surface area contributed by atoms with E-state index < -0.39 is 0 Å². The lowest BCUT2D eigenvalue weighted by molar-refractivity contribution is -0.0679. The second-order valence-corrected chi connectivity index (χ2v) is 3.79. The average molecular weight is 201 g/mol. The predicted molar refractivity (Wildman–Crippen MR) is 57.5 cm³/mol. The van der Waals surface area contributed by atoms with Crippen molar-refractivity contribution in [3.05, 3.63) is 0 Å². The van der Waals surface area contributed by atoms with E-state index in [1.807, 2.05) is 0 Å². The lowest BCUT2D eigenvalue weighted by atomic mass is 10.1. The van der Waals surface area contributed by atoms with Crippen LogP contribution in [0.3, 0.4) is 0 Å². The Morgan fingerprint density at radius 2 is 2.07 bits per heavy atom. The zero-order valence-electron chi connectivity index (χ0n) is 9.42. The molecule has 0 aromatic heterocycles. The molecule has 0 bridgehead atoms. The molecule has 1 aliphatic rings. The smallest absolute Gasteiger partial charge is 0.0700 e. The fraction of sp³-hybridized carbons (Fsp3) is 1.00. The highest BCUT2D eigenvalue weighted by atomic mass is 16.5. The summed E-state index contributed by atoms with van der Waals surface area (Å²) in [5.41, 5.74) is 0. The third-order valence-electron chi connectivity index (χ3n) is 2.63. The van der Waals surface area contributed by atoms with Crippen LogP contribution in [0.2, 0.25) is 0 Å². The van der Waals surface area contributed by atoms with Crippen LogP contribution in [0.15, 0.2) is 0 Å². The monoisotopic (exact) mass is 201 g/mol. The molecule has 0 aliphatic carbocycles. The van der Waals surface area contributed by atoms with Gasteiger partial charge in [-0.3, -0.25) is 0 Å². The Morgan fingerprint density at radius 1 is 1.36 bits per heavy atom. The van der Waals surface area contributed by atoms with Gasteiger partial charge in [0.1, 0.15) is 0 Å². The lowest BCUT2D eigenvalue weighted by Crippen LogP contribution is -2.34. The summed E-state index contributed by atoms with van der Waals surface area (Å²) in [6.07, 6.45) is 4.00. The molecule has 1 unspecified atom stereocenters. The maximum Gasteiger partial charge on any atom is 0.0700 e. The molecule has 0 amide bonds. The summed E-state index contributed by atoms with van der Waals surface area (Å²) in [6, 6.07) is 0. The minimum Gasteiger partial charge on any atom is -0.381 e. The summed E-state index contributed by atoms with van der Waals surface area (Å²) in [4.78, 5) is 0. The van der Waals surface area contributed by atoms with Crippen LogP contribution in [0, 0.1) is 0 Å². The Bertz CT molecular complexity index is 135. The van der Waals surface area contributed by atoms with Crippen molar-refractivity contribution >= 4 is 0 Å². The van der Waals surface area contributed by atoms with Crippen molar-refractivity contribution in [2.75, 3.05) is 26.3 Å². The van der Waals surface area contributed by atoms with E-state index in [-0.39, 0.29) is 0 Å². The predicted octanol–water partition coefficient (Wildman–Crippen LogP) is 1.57. The Labute approximate surface area is 87.2 Å². The molecule has 0 spiro atoms. The molecule has 1 fully saturated rings. The SMILES string of the molecule is CCNCC(CC)OC1CCOCC1. The molecule has 1 saturated heterocycles. The molecule has 1 N–H and O–H groups in total. The zero-order chi connectivity index (χ0) is 10.2. The quantitative estimate of drug-likeness (QED) is 0.707. The van der Waals surface area contributed by atoms with Gasteiger partial charge in [-0.15, -0.1) is 0 Å². The summed E-state index contributed by atoms with van der Waals surface area (Å²) < 4.78 is 11.3. The van der Waals surface area contributed by atoms with Gasteiger partial charge in [0, 0.05) is 19.8 Å². The van der Waals surface area contributed by atoms with Gasteiger partial charge in [-0.2, -0.15) is 0 Å². The minimum atomic E-state index is 0.373. The standard InChI is InChI=1S/C11H23NO2/c1-3-10(9-12-4-2)14-11-5-7-13-8-6-11/h10-12H,3-9H2,1-2H3. The number of nitrogens with one attached hydrogen (secondary N) is 1. The molecule has 0 saturated carbocycles. The molecule has 84 valence electrons. The van der Waals surface area contributed by atoms with Gasteiger partial charge in [-0.1, -0.05) is 13.8 Å². The number of hydrogen-bond donors (Lipinski definition) is 1. The molecule has 3 heteroatoms. The third-order valence-corrected chi connectivity index (χ3v) is 2.63. The van der Waals surface area contributed by atoms with Crippen molar-refractivity contribution in [1.29, 1.82) is 0 Å². The Hall–Kier alpha value is -0.120. The first kappa shape index (κ1) is 12.0. The second-order valence-electron chi connectivity index (χ2n) is 3.79. The Morgan fingerprint density at radius 3 is 2.64 bits per heavy atom. The molecular formula is C11H23NO2. The number of ether oxygens (including phenoxy) is 2. The van der Waals surface area contributed by atoms with E-state index >= 15 is 0 Å².